The van der Waals surface area contributed by atoms with Crippen molar-refractivity contribution in [3.8, 4) is 0 Å². The maximum atomic E-state index is 13.8. The van der Waals surface area contributed by atoms with Gasteiger partial charge in [0.15, 0.2) is 0 Å². The summed E-state index contributed by atoms with van der Waals surface area (Å²) in [5, 5.41) is 2.99. The molecule has 5 nitrogen and oxygen atoms in total. The molecule has 2 aromatic carbocycles. The fourth-order valence-corrected chi connectivity index (χ4v) is 3.75. The van der Waals surface area contributed by atoms with E-state index in [9.17, 15) is 9.18 Å². The number of rotatable bonds is 4. The predicted molar refractivity (Wildman–Crippen MR) is 101 cm³/mol. The third-order valence-corrected chi connectivity index (χ3v) is 5.26. The molecule has 1 amide bonds. The number of benzene rings is 2. The summed E-state index contributed by atoms with van der Waals surface area (Å²) in [6, 6.07) is 12.3. The molecule has 2 N–H and O–H groups in total. The highest BCUT2D eigenvalue weighted by Gasteiger charge is 2.41. The number of H-pyrrole nitrogens is 1. The van der Waals surface area contributed by atoms with E-state index in [1.807, 2.05) is 31.2 Å². The number of nitrogens with zero attached hydrogens (tertiary/aromatic N) is 1. The Morgan fingerprint density at radius 2 is 2.07 bits per heavy atom. The molecule has 1 saturated heterocycles. The molecule has 1 aliphatic heterocycles. The van der Waals surface area contributed by atoms with Gasteiger partial charge < -0.3 is 15.0 Å². The van der Waals surface area contributed by atoms with Crippen molar-refractivity contribution in [2.75, 3.05) is 13.2 Å². The summed E-state index contributed by atoms with van der Waals surface area (Å²) in [5.74, 6) is 0.247. The molecule has 6 heteroatoms. The maximum Gasteiger partial charge on any atom is 0.231 e. The lowest BCUT2D eigenvalue weighted by atomic mass is 9.73. The van der Waals surface area contributed by atoms with Gasteiger partial charge in [-0.05, 0) is 55.2 Å². The van der Waals surface area contributed by atoms with Crippen LogP contribution in [0, 0.1) is 12.7 Å². The van der Waals surface area contributed by atoms with Crippen molar-refractivity contribution in [1.29, 1.82) is 0 Å². The van der Waals surface area contributed by atoms with Crippen LogP contribution in [0.2, 0.25) is 0 Å². The second-order valence-electron chi connectivity index (χ2n) is 7.09. The van der Waals surface area contributed by atoms with Gasteiger partial charge in [0.2, 0.25) is 5.91 Å². The van der Waals surface area contributed by atoms with Crippen LogP contribution in [-0.4, -0.2) is 29.1 Å². The number of nitrogens with one attached hydrogen (secondary N) is 2. The van der Waals surface area contributed by atoms with Crippen LogP contribution in [-0.2, 0) is 21.5 Å². The van der Waals surface area contributed by atoms with Gasteiger partial charge in [0.1, 0.15) is 11.6 Å². The third-order valence-electron chi connectivity index (χ3n) is 5.26. The lowest BCUT2D eigenvalue weighted by molar-refractivity contribution is -0.130. The number of hydrogen-bond donors (Lipinski definition) is 2. The second-order valence-corrected chi connectivity index (χ2v) is 7.09. The number of carbonyl (C=O) groups excluding carboxylic acids is 1. The van der Waals surface area contributed by atoms with Gasteiger partial charge >= 0.3 is 0 Å². The van der Waals surface area contributed by atoms with E-state index in [1.165, 1.54) is 12.1 Å². The molecule has 1 aliphatic rings. The standard InChI is InChI=1S/C21H22FN3O2/c1-14-5-6-17-18(11-14)25-19(24-17)13-23-20(26)21(7-9-27-10-8-21)15-3-2-4-16(22)12-15/h2-6,11-12H,7-10,13H2,1H3,(H,23,26)(H,24,25). The molecule has 0 bridgehead atoms. The van der Waals surface area contributed by atoms with Crippen LogP contribution in [0.25, 0.3) is 11.0 Å². The van der Waals surface area contributed by atoms with E-state index in [-0.39, 0.29) is 11.7 Å². The molecule has 0 atom stereocenters. The first-order chi connectivity index (χ1) is 13.1. The Bertz CT molecular complexity index is 976. The number of aromatic amines is 1. The van der Waals surface area contributed by atoms with Gasteiger partial charge in [0.05, 0.1) is 23.0 Å². The molecular weight excluding hydrogens is 345 g/mol. The topological polar surface area (TPSA) is 67.0 Å². The smallest absolute Gasteiger partial charge is 0.231 e. The summed E-state index contributed by atoms with van der Waals surface area (Å²) in [6.07, 6.45) is 1.06. The van der Waals surface area contributed by atoms with Crippen molar-refractivity contribution >= 4 is 16.9 Å². The first-order valence-electron chi connectivity index (χ1n) is 9.14. The SMILES string of the molecule is Cc1ccc2nc(CNC(=O)C3(c4cccc(F)c4)CCOCC3)[nH]c2c1. The largest absolute Gasteiger partial charge is 0.381 e. The number of hydrogen-bond acceptors (Lipinski definition) is 3. The van der Waals surface area contributed by atoms with E-state index in [2.05, 4.69) is 15.3 Å². The zero-order valence-corrected chi connectivity index (χ0v) is 15.2. The Kier molecular flexibility index (Phi) is 4.66. The molecular formula is C21H22FN3O2. The summed E-state index contributed by atoms with van der Waals surface area (Å²) in [5.41, 5.74) is 2.89. The molecule has 2 heterocycles. The number of fused-ring (bicyclic) bond motifs is 1. The van der Waals surface area contributed by atoms with Gasteiger partial charge in [-0.3, -0.25) is 4.79 Å². The Labute approximate surface area is 157 Å². The van der Waals surface area contributed by atoms with Crippen molar-refractivity contribution in [1.82, 2.24) is 15.3 Å². The van der Waals surface area contributed by atoms with E-state index in [4.69, 9.17) is 4.74 Å². The van der Waals surface area contributed by atoms with E-state index in [0.717, 1.165) is 16.6 Å². The highest BCUT2D eigenvalue weighted by molar-refractivity contribution is 5.88. The van der Waals surface area contributed by atoms with Gasteiger partial charge in [-0.2, -0.15) is 0 Å². The van der Waals surface area contributed by atoms with E-state index in [1.54, 1.807) is 6.07 Å². The van der Waals surface area contributed by atoms with Crippen LogP contribution in [0.15, 0.2) is 42.5 Å². The molecule has 0 saturated carbocycles. The fourth-order valence-electron chi connectivity index (χ4n) is 3.75. The summed E-state index contributed by atoms with van der Waals surface area (Å²) >= 11 is 0. The van der Waals surface area contributed by atoms with Crippen molar-refractivity contribution in [2.45, 2.75) is 31.7 Å². The van der Waals surface area contributed by atoms with Crippen molar-refractivity contribution in [2.24, 2.45) is 0 Å². The second kappa shape index (κ2) is 7.12. The maximum absolute atomic E-state index is 13.8. The highest BCUT2D eigenvalue weighted by atomic mass is 19.1. The third kappa shape index (κ3) is 3.45. The Morgan fingerprint density at radius 1 is 1.26 bits per heavy atom. The Hall–Kier alpha value is -2.73. The zero-order chi connectivity index (χ0) is 18.9. The van der Waals surface area contributed by atoms with Gasteiger partial charge in [-0.25, -0.2) is 9.37 Å². The fraction of sp³-hybridized carbons (Fsp3) is 0.333. The normalized spacial score (nSPS) is 16.4. The van der Waals surface area contributed by atoms with Crippen LogP contribution < -0.4 is 5.32 Å². The minimum absolute atomic E-state index is 0.118. The number of imidazole rings is 1. The van der Waals surface area contributed by atoms with E-state index < -0.39 is 5.41 Å². The van der Waals surface area contributed by atoms with Crippen molar-refractivity contribution < 1.29 is 13.9 Å². The van der Waals surface area contributed by atoms with Crippen molar-refractivity contribution in [3.63, 3.8) is 0 Å². The zero-order valence-electron chi connectivity index (χ0n) is 15.2. The summed E-state index contributed by atoms with van der Waals surface area (Å²) in [7, 11) is 0. The van der Waals surface area contributed by atoms with Crippen LogP contribution >= 0.6 is 0 Å². The minimum Gasteiger partial charge on any atom is -0.381 e. The quantitative estimate of drug-likeness (QED) is 0.743. The lowest BCUT2D eigenvalue weighted by Crippen LogP contribution is -2.48. The molecule has 4 rings (SSSR count). The van der Waals surface area contributed by atoms with Gasteiger partial charge in [-0.1, -0.05) is 18.2 Å². The molecule has 3 aromatic rings. The minimum atomic E-state index is -0.775. The van der Waals surface area contributed by atoms with Crippen LogP contribution in [0.4, 0.5) is 4.39 Å². The average Bonchev–Trinajstić information content (AvgIpc) is 3.08. The summed E-state index contributed by atoms with van der Waals surface area (Å²) in [6.45, 7) is 3.28. The predicted octanol–water partition coefficient (Wildman–Crippen LogP) is 3.38. The van der Waals surface area contributed by atoms with Gasteiger partial charge in [0, 0.05) is 13.2 Å². The van der Waals surface area contributed by atoms with Crippen molar-refractivity contribution in [3.05, 3.63) is 65.2 Å². The number of aromatic nitrogens is 2. The number of amides is 1. The molecule has 0 spiro atoms. The Morgan fingerprint density at radius 3 is 2.85 bits per heavy atom. The number of carbonyl (C=O) groups is 1. The molecule has 0 radical (unpaired) electrons. The summed E-state index contributed by atoms with van der Waals surface area (Å²) in [4.78, 5) is 20.9. The molecule has 1 aromatic heterocycles. The first-order valence-corrected chi connectivity index (χ1v) is 9.14. The lowest BCUT2D eigenvalue weighted by Gasteiger charge is -2.36. The number of halogens is 1. The van der Waals surface area contributed by atoms with Crippen LogP contribution in [0.5, 0.6) is 0 Å². The molecule has 0 aliphatic carbocycles. The molecule has 0 unspecified atom stereocenters. The van der Waals surface area contributed by atoms with Gasteiger partial charge in [0.25, 0.3) is 0 Å². The average molecular weight is 367 g/mol. The van der Waals surface area contributed by atoms with E-state index in [0.29, 0.717) is 44.0 Å². The summed E-state index contributed by atoms with van der Waals surface area (Å²) < 4.78 is 19.2. The Balaban J connectivity index is 1.56. The molecule has 140 valence electrons. The first kappa shape index (κ1) is 17.7. The molecule has 1 fully saturated rings. The monoisotopic (exact) mass is 367 g/mol. The highest BCUT2D eigenvalue weighted by Crippen LogP contribution is 2.35. The van der Waals surface area contributed by atoms with Crippen LogP contribution in [0.3, 0.4) is 0 Å². The van der Waals surface area contributed by atoms with Gasteiger partial charge in [-0.15, -0.1) is 0 Å². The number of aryl methyl sites for hydroxylation is 1. The van der Waals surface area contributed by atoms with Crippen LogP contribution in [0.1, 0.15) is 29.8 Å². The van der Waals surface area contributed by atoms with E-state index >= 15 is 0 Å². The number of ether oxygens (including phenoxy) is 1. The molecule has 27 heavy (non-hydrogen) atoms.